The highest BCUT2D eigenvalue weighted by Gasteiger charge is 2.51. The minimum atomic E-state index is 0.169. The minimum Gasteiger partial charge on any atom is -0.506 e. The van der Waals surface area contributed by atoms with Crippen LogP contribution in [0.4, 0.5) is 5.69 Å². The summed E-state index contributed by atoms with van der Waals surface area (Å²) in [6, 6.07) is 19.0. The van der Waals surface area contributed by atoms with Crippen LogP contribution in [-0.4, -0.2) is 65.6 Å². The van der Waals surface area contributed by atoms with Gasteiger partial charge in [-0.15, -0.1) is 0 Å². The molecule has 1 atom stereocenters. The monoisotopic (exact) mass is 564 g/mol. The van der Waals surface area contributed by atoms with Crippen LogP contribution in [0, 0.1) is 23.2 Å². The van der Waals surface area contributed by atoms with Crippen molar-refractivity contribution >= 4 is 11.6 Å². The summed E-state index contributed by atoms with van der Waals surface area (Å²) < 4.78 is 0. The molecule has 4 saturated carbocycles. The number of carbonyl (C=O) groups excluding carboxylic acids is 1. The lowest BCUT2D eigenvalue weighted by Crippen LogP contribution is -2.51. The number of piperazine rings is 1. The molecule has 4 aliphatic carbocycles. The highest BCUT2D eigenvalue weighted by Crippen LogP contribution is 2.60. The van der Waals surface area contributed by atoms with E-state index in [1.807, 2.05) is 24.1 Å². The molecule has 6 heteroatoms. The van der Waals surface area contributed by atoms with Gasteiger partial charge in [0.2, 0.25) is 0 Å². The molecule has 1 unspecified atom stereocenters. The second-order valence-electron chi connectivity index (χ2n) is 13.9. The zero-order valence-corrected chi connectivity index (χ0v) is 25.1. The number of rotatable bonds is 7. The number of aromatic hydroxyl groups is 1. The second kappa shape index (κ2) is 11.0. The van der Waals surface area contributed by atoms with Crippen LogP contribution in [0.15, 0.2) is 67.0 Å². The topological polar surface area (TPSA) is 59.9 Å². The first kappa shape index (κ1) is 27.5. The Hall–Kier alpha value is -3.38. The van der Waals surface area contributed by atoms with Gasteiger partial charge in [-0.2, -0.15) is 0 Å². The molecule has 42 heavy (non-hydrogen) atoms. The van der Waals surface area contributed by atoms with Crippen molar-refractivity contribution in [3.63, 3.8) is 0 Å². The van der Waals surface area contributed by atoms with Gasteiger partial charge >= 0.3 is 0 Å². The standard InChI is InChI=1S/C36H44N4O2/c1-25(29-3-5-30(6-4-29)32-18-34(41)23-37-22-32)39-11-13-40(14-12-39)33-9-7-31(8-10-33)35(42)38(2)24-36-19-26-15-27(20-36)17-28(16-26)21-36/h3-10,18,22-23,25-28,41H,11-17,19-21,24H2,1-2H3. The molecule has 5 fully saturated rings. The zero-order chi connectivity index (χ0) is 28.8. The zero-order valence-electron chi connectivity index (χ0n) is 25.1. The fourth-order valence-corrected chi connectivity index (χ4v) is 9.21. The number of carbonyl (C=O) groups is 1. The number of amides is 1. The quantitative estimate of drug-likeness (QED) is 0.349. The van der Waals surface area contributed by atoms with E-state index in [1.165, 1.54) is 56.0 Å². The van der Waals surface area contributed by atoms with Crippen LogP contribution in [0.2, 0.25) is 0 Å². The number of hydrogen-bond acceptors (Lipinski definition) is 5. The van der Waals surface area contributed by atoms with Crippen LogP contribution in [0.3, 0.4) is 0 Å². The number of hydrogen-bond donors (Lipinski definition) is 1. The van der Waals surface area contributed by atoms with Crippen LogP contribution in [0.5, 0.6) is 5.75 Å². The molecule has 5 aliphatic rings. The summed E-state index contributed by atoms with van der Waals surface area (Å²) in [6.07, 6.45) is 11.6. The summed E-state index contributed by atoms with van der Waals surface area (Å²) in [5, 5.41) is 9.75. The van der Waals surface area contributed by atoms with Crippen molar-refractivity contribution in [1.29, 1.82) is 0 Å². The summed E-state index contributed by atoms with van der Waals surface area (Å²) >= 11 is 0. The SMILES string of the molecule is CC(c1ccc(-c2cncc(O)c2)cc1)N1CCN(c2ccc(C(=O)N(C)CC34CC5CC(CC(C5)C3)C4)cc2)CC1. The average molecular weight is 565 g/mol. The number of pyridine rings is 1. The highest BCUT2D eigenvalue weighted by molar-refractivity contribution is 5.94. The lowest BCUT2D eigenvalue weighted by atomic mass is 9.49. The van der Waals surface area contributed by atoms with Gasteiger partial charge in [-0.05, 0) is 110 Å². The Bertz CT molecular complexity index is 1380. The van der Waals surface area contributed by atoms with Gasteiger partial charge in [0, 0.05) is 68.8 Å². The van der Waals surface area contributed by atoms with Gasteiger partial charge in [-0.1, -0.05) is 24.3 Å². The van der Waals surface area contributed by atoms with Crippen molar-refractivity contribution in [1.82, 2.24) is 14.8 Å². The van der Waals surface area contributed by atoms with E-state index in [9.17, 15) is 9.90 Å². The Labute approximate surface area is 250 Å². The van der Waals surface area contributed by atoms with Crippen LogP contribution in [-0.2, 0) is 0 Å². The van der Waals surface area contributed by atoms with Gasteiger partial charge < -0.3 is 14.9 Å². The third kappa shape index (κ3) is 5.42. The Kier molecular flexibility index (Phi) is 7.21. The first-order valence-electron chi connectivity index (χ1n) is 15.9. The van der Waals surface area contributed by atoms with E-state index in [0.29, 0.717) is 11.5 Å². The van der Waals surface area contributed by atoms with Crippen molar-refractivity contribution in [3.05, 3.63) is 78.1 Å². The largest absolute Gasteiger partial charge is 0.506 e. The van der Waals surface area contributed by atoms with Crippen molar-refractivity contribution in [3.8, 4) is 16.9 Å². The van der Waals surface area contributed by atoms with Crippen LogP contribution in [0.1, 0.15) is 67.4 Å². The summed E-state index contributed by atoms with van der Waals surface area (Å²) in [5.41, 5.74) is 5.65. The molecular formula is C36H44N4O2. The fourth-order valence-electron chi connectivity index (χ4n) is 9.21. The molecule has 4 bridgehead atoms. The average Bonchev–Trinajstić information content (AvgIpc) is 3.00. The van der Waals surface area contributed by atoms with Crippen molar-refractivity contribution < 1.29 is 9.90 Å². The molecule has 3 aromatic rings. The summed E-state index contributed by atoms with van der Waals surface area (Å²) in [6.45, 7) is 7.13. The Morgan fingerprint density at radius 3 is 2.12 bits per heavy atom. The van der Waals surface area contributed by atoms with E-state index in [0.717, 1.165) is 67.2 Å². The first-order chi connectivity index (χ1) is 20.3. The summed E-state index contributed by atoms with van der Waals surface area (Å²) in [4.78, 5) is 24.5. The van der Waals surface area contributed by atoms with E-state index < -0.39 is 0 Å². The predicted molar refractivity (Wildman–Crippen MR) is 168 cm³/mol. The predicted octanol–water partition coefficient (Wildman–Crippen LogP) is 6.63. The normalized spacial score (nSPS) is 27.7. The van der Waals surface area contributed by atoms with Gasteiger partial charge in [-0.3, -0.25) is 14.7 Å². The molecule has 1 amide bonds. The van der Waals surface area contributed by atoms with Crippen molar-refractivity contribution in [2.45, 2.75) is 51.5 Å². The van der Waals surface area contributed by atoms with Crippen molar-refractivity contribution in [2.24, 2.45) is 23.2 Å². The van der Waals surface area contributed by atoms with Gasteiger partial charge in [-0.25, -0.2) is 0 Å². The number of nitrogens with zero attached hydrogens (tertiary/aromatic N) is 4. The molecule has 8 rings (SSSR count). The number of benzene rings is 2. The van der Waals surface area contributed by atoms with E-state index in [2.05, 4.69) is 58.1 Å². The van der Waals surface area contributed by atoms with Gasteiger partial charge in [0.15, 0.2) is 0 Å². The molecule has 0 spiro atoms. The second-order valence-corrected chi connectivity index (χ2v) is 13.9. The molecule has 6 nitrogen and oxygen atoms in total. The maximum atomic E-state index is 13.4. The lowest BCUT2D eigenvalue weighted by molar-refractivity contribution is -0.0629. The Morgan fingerprint density at radius 2 is 1.52 bits per heavy atom. The third-order valence-electron chi connectivity index (χ3n) is 10.9. The molecule has 2 heterocycles. The van der Waals surface area contributed by atoms with Crippen LogP contribution < -0.4 is 4.90 Å². The van der Waals surface area contributed by atoms with Crippen LogP contribution in [0.25, 0.3) is 11.1 Å². The minimum absolute atomic E-state index is 0.169. The molecule has 1 aromatic heterocycles. The molecule has 1 N–H and O–H groups in total. The van der Waals surface area contributed by atoms with Gasteiger partial charge in [0.05, 0.1) is 6.20 Å². The van der Waals surface area contributed by atoms with Crippen molar-refractivity contribution in [2.75, 3.05) is 44.7 Å². The molecule has 1 saturated heterocycles. The molecule has 220 valence electrons. The summed E-state index contributed by atoms with van der Waals surface area (Å²) in [5.74, 6) is 3.09. The van der Waals surface area contributed by atoms with E-state index >= 15 is 0 Å². The third-order valence-corrected chi connectivity index (χ3v) is 10.9. The maximum Gasteiger partial charge on any atom is 0.253 e. The maximum absolute atomic E-state index is 13.4. The van der Waals surface area contributed by atoms with Crippen LogP contribution >= 0.6 is 0 Å². The van der Waals surface area contributed by atoms with E-state index in [4.69, 9.17) is 0 Å². The molecule has 2 aromatic carbocycles. The fraction of sp³-hybridized carbons (Fsp3) is 0.500. The Morgan fingerprint density at radius 1 is 0.905 bits per heavy atom. The number of aromatic nitrogens is 1. The lowest BCUT2D eigenvalue weighted by Gasteiger charge is -2.57. The number of anilines is 1. The molecular weight excluding hydrogens is 520 g/mol. The van der Waals surface area contributed by atoms with Gasteiger partial charge in [0.1, 0.15) is 5.75 Å². The molecule has 0 radical (unpaired) electrons. The Balaban J connectivity index is 0.928. The van der Waals surface area contributed by atoms with E-state index in [-0.39, 0.29) is 11.7 Å². The van der Waals surface area contributed by atoms with Gasteiger partial charge in [0.25, 0.3) is 5.91 Å². The smallest absolute Gasteiger partial charge is 0.253 e. The first-order valence-corrected chi connectivity index (χ1v) is 15.9. The molecule has 1 aliphatic heterocycles. The highest BCUT2D eigenvalue weighted by atomic mass is 16.3. The van der Waals surface area contributed by atoms with E-state index in [1.54, 1.807) is 12.3 Å². The summed E-state index contributed by atoms with van der Waals surface area (Å²) in [7, 11) is 2.02.